The lowest BCUT2D eigenvalue weighted by molar-refractivity contribution is 0.215. The topological polar surface area (TPSA) is 49.4 Å². The first kappa shape index (κ1) is 16.9. The number of hydrogen-bond acceptors (Lipinski definition) is 4. The summed E-state index contributed by atoms with van der Waals surface area (Å²) in [6.45, 7) is 12.4. The van der Waals surface area contributed by atoms with Crippen LogP contribution in [0.25, 0.3) is 0 Å². The molecular formula is C14H30N2O2S. The van der Waals surface area contributed by atoms with Crippen LogP contribution in [0.2, 0.25) is 0 Å². The SMILES string of the molecule is CCC1CN(CCS(=O)(=O)C(C)(C)C)C(C)CCN1. The third-order valence-electron chi connectivity index (χ3n) is 4.15. The molecule has 0 radical (unpaired) electrons. The van der Waals surface area contributed by atoms with Crippen molar-refractivity contribution in [1.82, 2.24) is 10.2 Å². The highest BCUT2D eigenvalue weighted by Crippen LogP contribution is 2.17. The fraction of sp³-hybridized carbons (Fsp3) is 1.00. The summed E-state index contributed by atoms with van der Waals surface area (Å²) >= 11 is 0. The molecule has 1 N–H and O–H groups in total. The number of nitrogens with one attached hydrogen (secondary N) is 1. The van der Waals surface area contributed by atoms with Crippen LogP contribution in [-0.2, 0) is 9.84 Å². The maximum absolute atomic E-state index is 12.2. The molecule has 5 heteroatoms. The van der Waals surface area contributed by atoms with Gasteiger partial charge in [-0.15, -0.1) is 0 Å². The summed E-state index contributed by atoms with van der Waals surface area (Å²) in [5.74, 6) is 0.261. The molecule has 114 valence electrons. The molecule has 0 aliphatic carbocycles. The fourth-order valence-electron chi connectivity index (χ4n) is 2.34. The maximum atomic E-state index is 12.2. The van der Waals surface area contributed by atoms with Crippen molar-refractivity contribution in [2.24, 2.45) is 0 Å². The van der Waals surface area contributed by atoms with E-state index in [1.165, 1.54) is 0 Å². The molecule has 0 aromatic carbocycles. The zero-order chi connectivity index (χ0) is 14.7. The van der Waals surface area contributed by atoms with E-state index in [-0.39, 0.29) is 5.75 Å². The summed E-state index contributed by atoms with van der Waals surface area (Å²) in [5, 5.41) is 3.53. The van der Waals surface area contributed by atoms with Crippen LogP contribution in [0.1, 0.15) is 47.5 Å². The van der Waals surface area contributed by atoms with E-state index in [0.717, 1.165) is 25.9 Å². The molecule has 0 aromatic rings. The van der Waals surface area contributed by atoms with Crippen molar-refractivity contribution in [3.8, 4) is 0 Å². The Morgan fingerprint density at radius 1 is 1.32 bits per heavy atom. The molecule has 0 amide bonds. The Morgan fingerprint density at radius 2 is 1.95 bits per heavy atom. The lowest BCUT2D eigenvalue weighted by Crippen LogP contribution is -2.43. The second-order valence-electron chi connectivity index (χ2n) is 6.62. The van der Waals surface area contributed by atoms with Crippen LogP contribution >= 0.6 is 0 Å². The van der Waals surface area contributed by atoms with Gasteiger partial charge in [0.2, 0.25) is 0 Å². The largest absolute Gasteiger partial charge is 0.313 e. The zero-order valence-electron chi connectivity index (χ0n) is 13.1. The van der Waals surface area contributed by atoms with Gasteiger partial charge in [0.05, 0.1) is 10.5 Å². The predicted octanol–water partition coefficient (Wildman–Crippen LogP) is 1.66. The quantitative estimate of drug-likeness (QED) is 0.855. The van der Waals surface area contributed by atoms with E-state index in [1.54, 1.807) is 20.8 Å². The van der Waals surface area contributed by atoms with E-state index in [2.05, 4.69) is 24.1 Å². The Balaban J connectivity index is 2.64. The van der Waals surface area contributed by atoms with Crippen molar-refractivity contribution in [2.45, 2.75) is 64.3 Å². The predicted molar refractivity (Wildman–Crippen MR) is 81.3 cm³/mol. The van der Waals surface area contributed by atoms with Crippen LogP contribution in [0.3, 0.4) is 0 Å². The third kappa shape index (κ3) is 4.72. The Bertz CT molecular complexity index is 373. The molecule has 1 aliphatic rings. The van der Waals surface area contributed by atoms with Crippen molar-refractivity contribution < 1.29 is 8.42 Å². The summed E-state index contributed by atoms with van der Waals surface area (Å²) in [7, 11) is -3.02. The molecule has 0 bridgehead atoms. The van der Waals surface area contributed by atoms with Gasteiger partial charge in [0, 0.05) is 25.2 Å². The maximum Gasteiger partial charge on any atom is 0.156 e. The highest BCUT2D eigenvalue weighted by atomic mass is 32.2. The molecule has 0 saturated carbocycles. The Labute approximate surface area is 118 Å². The molecular weight excluding hydrogens is 260 g/mol. The van der Waals surface area contributed by atoms with E-state index < -0.39 is 14.6 Å². The summed E-state index contributed by atoms with van der Waals surface area (Å²) in [5.41, 5.74) is 0. The van der Waals surface area contributed by atoms with Gasteiger partial charge in [-0.05, 0) is 47.1 Å². The summed E-state index contributed by atoms with van der Waals surface area (Å²) < 4.78 is 23.7. The number of sulfone groups is 1. The van der Waals surface area contributed by atoms with Crippen molar-refractivity contribution in [2.75, 3.05) is 25.4 Å². The van der Waals surface area contributed by atoms with Gasteiger partial charge in [0.15, 0.2) is 9.84 Å². The first-order valence-electron chi connectivity index (χ1n) is 7.37. The molecule has 4 nitrogen and oxygen atoms in total. The standard InChI is InChI=1S/C14H30N2O2S/c1-6-13-11-16(12(2)7-8-15-13)9-10-19(17,18)14(3,4)5/h12-13,15H,6-11H2,1-5H3. The Morgan fingerprint density at radius 3 is 2.47 bits per heavy atom. The fourth-order valence-corrected chi connectivity index (χ4v) is 3.42. The van der Waals surface area contributed by atoms with E-state index >= 15 is 0 Å². The van der Waals surface area contributed by atoms with E-state index in [4.69, 9.17) is 0 Å². The Kier molecular flexibility index (Phi) is 5.83. The van der Waals surface area contributed by atoms with Crippen LogP contribution in [0.5, 0.6) is 0 Å². The van der Waals surface area contributed by atoms with Crippen molar-refractivity contribution >= 4 is 9.84 Å². The zero-order valence-corrected chi connectivity index (χ0v) is 13.9. The minimum Gasteiger partial charge on any atom is -0.313 e. The molecule has 1 rings (SSSR count). The van der Waals surface area contributed by atoms with Crippen LogP contribution < -0.4 is 5.32 Å². The second kappa shape index (κ2) is 6.55. The highest BCUT2D eigenvalue weighted by molar-refractivity contribution is 7.92. The number of rotatable bonds is 4. The van der Waals surface area contributed by atoms with Gasteiger partial charge in [0.1, 0.15) is 0 Å². The van der Waals surface area contributed by atoms with E-state index in [1.807, 2.05) is 0 Å². The highest BCUT2D eigenvalue weighted by Gasteiger charge is 2.30. The summed E-state index contributed by atoms with van der Waals surface area (Å²) in [6.07, 6.45) is 2.18. The van der Waals surface area contributed by atoms with Gasteiger partial charge >= 0.3 is 0 Å². The molecule has 1 fully saturated rings. The lowest BCUT2D eigenvalue weighted by atomic mass is 10.2. The monoisotopic (exact) mass is 290 g/mol. The smallest absolute Gasteiger partial charge is 0.156 e. The summed E-state index contributed by atoms with van der Waals surface area (Å²) in [4.78, 5) is 2.33. The molecule has 0 aromatic heterocycles. The normalized spacial score (nSPS) is 27.2. The van der Waals surface area contributed by atoms with Crippen LogP contribution in [0, 0.1) is 0 Å². The molecule has 19 heavy (non-hydrogen) atoms. The molecule has 1 heterocycles. The van der Waals surface area contributed by atoms with Crippen LogP contribution in [0.15, 0.2) is 0 Å². The minimum atomic E-state index is -3.02. The van der Waals surface area contributed by atoms with Crippen LogP contribution in [-0.4, -0.2) is 55.5 Å². The number of hydrogen-bond donors (Lipinski definition) is 1. The molecule has 2 unspecified atom stereocenters. The van der Waals surface area contributed by atoms with Crippen LogP contribution in [0.4, 0.5) is 0 Å². The molecule has 0 spiro atoms. The molecule has 1 saturated heterocycles. The van der Waals surface area contributed by atoms with E-state index in [0.29, 0.717) is 18.6 Å². The van der Waals surface area contributed by atoms with Gasteiger partial charge in [-0.25, -0.2) is 8.42 Å². The second-order valence-corrected chi connectivity index (χ2v) is 9.49. The number of nitrogens with zero attached hydrogens (tertiary/aromatic N) is 1. The van der Waals surface area contributed by atoms with Crippen molar-refractivity contribution in [3.05, 3.63) is 0 Å². The van der Waals surface area contributed by atoms with Gasteiger partial charge in [-0.2, -0.15) is 0 Å². The Hall–Kier alpha value is -0.130. The minimum absolute atomic E-state index is 0.261. The average molecular weight is 290 g/mol. The van der Waals surface area contributed by atoms with Gasteiger partial charge in [-0.1, -0.05) is 6.92 Å². The first-order valence-corrected chi connectivity index (χ1v) is 9.02. The molecule has 2 atom stereocenters. The van der Waals surface area contributed by atoms with Gasteiger partial charge in [-0.3, -0.25) is 4.90 Å². The van der Waals surface area contributed by atoms with Crippen molar-refractivity contribution in [1.29, 1.82) is 0 Å². The first-order chi connectivity index (χ1) is 8.67. The van der Waals surface area contributed by atoms with Crippen molar-refractivity contribution in [3.63, 3.8) is 0 Å². The third-order valence-corrected chi connectivity index (χ3v) is 6.73. The summed E-state index contributed by atoms with van der Waals surface area (Å²) in [6, 6.07) is 0.946. The van der Waals surface area contributed by atoms with Gasteiger partial charge < -0.3 is 5.32 Å². The van der Waals surface area contributed by atoms with Gasteiger partial charge in [0.25, 0.3) is 0 Å². The molecule has 1 aliphatic heterocycles. The average Bonchev–Trinajstić information content (AvgIpc) is 2.47. The van der Waals surface area contributed by atoms with E-state index in [9.17, 15) is 8.42 Å². The lowest BCUT2D eigenvalue weighted by Gasteiger charge is -2.30.